The Balaban J connectivity index is 2.06. The quantitative estimate of drug-likeness (QED) is 0.798. The molecule has 0 aliphatic heterocycles. The van der Waals surface area contributed by atoms with Crippen molar-refractivity contribution >= 4 is 26.6 Å². The molecule has 23 heavy (non-hydrogen) atoms. The number of anilines is 1. The Bertz CT molecular complexity index is 963. The molecule has 1 aromatic heterocycles. The zero-order valence-electron chi connectivity index (χ0n) is 12.9. The van der Waals surface area contributed by atoms with Crippen molar-refractivity contribution < 1.29 is 8.42 Å². The van der Waals surface area contributed by atoms with E-state index in [0.717, 1.165) is 11.1 Å². The lowest BCUT2D eigenvalue weighted by atomic mass is 10.1. The summed E-state index contributed by atoms with van der Waals surface area (Å²) in [5.41, 5.74) is 0.799. The highest BCUT2D eigenvalue weighted by Gasteiger charge is 2.18. The Morgan fingerprint density at radius 1 is 1.04 bits per heavy atom. The van der Waals surface area contributed by atoms with Gasteiger partial charge in [-0.2, -0.15) is 0 Å². The molecular formula is C17H17N3O2S. The molecule has 0 radical (unpaired) electrons. The van der Waals surface area contributed by atoms with Crippen LogP contribution in [0.3, 0.4) is 0 Å². The average molecular weight is 327 g/mol. The molecule has 1 N–H and O–H groups in total. The second-order valence-electron chi connectivity index (χ2n) is 5.23. The summed E-state index contributed by atoms with van der Waals surface area (Å²) in [6, 6.07) is 14.3. The number of nitrogens with zero attached hydrogens (tertiary/aromatic N) is 2. The summed E-state index contributed by atoms with van der Waals surface area (Å²) in [5.74, 6) is 0.835. The molecule has 0 bridgehead atoms. The van der Waals surface area contributed by atoms with Crippen LogP contribution < -0.4 is 4.72 Å². The largest absolute Gasteiger partial charge is 0.263 e. The lowest BCUT2D eigenvalue weighted by molar-refractivity contribution is 0.602. The van der Waals surface area contributed by atoms with E-state index in [2.05, 4.69) is 14.7 Å². The Labute approximate surface area is 135 Å². The van der Waals surface area contributed by atoms with Gasteiger partial charge >= 0.3 is 0 Å². The van der Waals surface area contributed by atoms with E-state index in [0.29, 0.717) is 23.4 Å². The van der Waals surface area contributed by atoms with Crippen LogP contribution in [0.1, 0.15) is 18.4 Å². The molecule has 3 rings (SSSR count). The Morgan fingerprint density at radius 2 is 1.78 bits per heavy atom. The topological polar surface area (TPSA) is 72.0 Å². The number of sulfonamides is 1. The molecule has 0 saturated heterocycles. The summed E-state index contributed by atoms with van der Waals surface area (Å²) < 4.78 is 28.1. The minimum atomic E-state index is -3.72. The minimum Gasteiger partial charge on any atom is -0.263 e. The fraction of sp³-hybridized carbons (Fsp3) is 0.176. The van der Waals surface area contributed by atoms with Gasteiger partial charge < -0.3 is 0 Å². The summed E-state index contributed by atoms with van der Waals surface area (Å²) >= 11 is 0. The smallest absolute Gasteiger partial charge is 0.263 e. The van der Waals surface area contributed by atoms with Gasteiger partial charge in [-0.25, -0.2) is 18.4 Å². The number of hydrogen-bond donors (Lipinski definition) is 1. The van der Waals surface area contributed by atoms with Gasteiger partial charge in [0.1, 0.15) is 11.6 Å². The summed E-state index contributed by atoms with van der Waals surface area (Å²) in [6.45, 7) is 3.71. The van der Waals surface area contributed by atoms with E-state index in [1.165, 1.54) is 0 Å². The van der Waals surface area contributed by atoms with E-state index in [9.17, 15) is 8.42 Å². The molecule has 0 amide bonds. The van der Waals surface area contributed by atoms with Crippen molar-refractivity contribution in [2.75, 3.05) is 4.72 Å². The van der Waals surface area contributed by atoms with Gasteiger partial charge in [-0.15, -0.1) is 0 Å². The van der Waals surface area contributed by atoms with E-state index in [-0.39, 0.29) is 4.90 Å². The van der Waals surface area contributed by atoms with Crippen LogP contribution in [0.4, 0.5) is 5.82 Å². The number of fused-ring (bicyclic) bond motifs is 1. The number of hydrogen-bond acceptors (Lipinski definition) is 4. The first-order valence-corrected chi connectivity index (χ1v) is 8.83. The van der Waals surface area contributed by atoms with Crippen molar-refractivity contribution in [3.05, 3.63) is 60.0 Å². The molecule has 0 saturated carbocycles. The zero-order valence-corrected chi connectivity index (χ0v) is 13.8. The molecule has 0 aliphatic carbocycles. The molecule has 3 aromatic rings. The van der Waals surface area contributed by atoms with Gasteiger partial charge in [0.2, 0.25) is 0 Å². The molecule has 118 valence electrons. The third kappa shape index (κ3) is 3.17. The number of benzene rings is 2. The second kappa shape index (κ2) is 5.96. The molecule has 6 heteroatoms. The maximum absolute atomic E-state index is 12.8. The van der Waals surface area contributed by atoms with Crippen LogP contribution in [0.15, 0.2) is 53.4 Å². The van der Waals surface area contributed by atoms with Crippen LogP contribution in [0.2, 0.25) is 0 Å². The summed E-state index contributed by atoms with van der Waals surface area (Å²) in [5, 5.41) is 1.56. The third-order valence-corrected chi connectivity index (χ3v) is 4.94. The van der Waals surface area contributed by atoms with Gasteiger partial charge in [0.05, 0.1) is 4.90 Å². The lowest BCUT2D eigenvalue weighted by Crippen LogP contribution is -2.15. The van der Waals surface area contributed by atoms with Gasteiger partial charge in [0, 0.05) is 17.1 Å². The van der Waals surface area contributed by atoms with E-state index >= 15 is 0 Å². The van der Waals surface area contributed by atoms with Gasteiger partial charge in [0.15, 0.2) is 0 Å². The number of rotatable bonds is 4. The molecule has 0 spiro atoms. The van der Waals surface area contributed by atoms with Crippen LogP contribution in [0.5, 0.6) is 0 Å². The van der Waals surface area contributed by atoms with Crippen molar-refractivity contribution in [2.24, 2.45) is 0 Å². The van der Waals surface area contributed by atoms with Gasteiger partial charge in [-0.05, 0) is 24.8 Å². The first-order chi connectivity index (χ1) is 11.0. The predicted molar refractivity (Wildman–Crippen MR) is 90.9 cm³/mol. The lowest BCUT2D eigenvalue weighted by Gasteiger charge is -2.11. The highest BCUT2D eigenvalue weighted by atomic mass is 32.2. The second-order valence-corrected chi connectivity index (χ2v) is 6.88. The van der Waals surface area contributed by atoms with Gasteiger partial charge in [-0.1, -0.05) is 43.3 Å². The fourth-order valence-corrected chi connectivity index (χ4v) is 3.71. The molecule has 0 fully saturated rings. The molecule has 5 nitrogen and oxygen atoms in total. The number of aryl methyl sites for hydroxylation is 2. The maximum atomic E-state index is 12.8. The average Bonchev–Trinajstić information content (AvgIpc) is 2.53. The van der Waals surface area contributed by atoms with Crippen molar-refractivity contribution in [3.63, 3.8) is 0 Å². The van der Waals surface area contributed by atoms with Crippen molar-refractivity contribution in [1.82, 2.24) is 9.97 Å². The van der Waals surface area contributed by atoms with Crippen molar-refractivity contribution in [2.45, 2.75) is 25.2 Å². The van der Waals surface area contributed by atoms with Gasteiger partial charge in [0.25, 0.3) is 10.0 Å². The summed E-state index contributed by atoms with van der Waals surface area (Å²) in [4.78, 5) is 8.67. The maximum Gasteiger partial charge on any atom is 0.263 e. The van der Waals surface area contributed by atoms with Crippen LogP contribution in [0.25, 0.3) is 10.8 Å². The summed E-state index contributed by atoms with van der Waals surface area (Å²) in [6.07, 6.45) is 0.715. The standard InChI is InChI=1S/C17H17N3O2S/c1-3-14-11-17(19-12(2)18-14)20-23(21,22)16-10-6-8-13-7-4-5-9-15(13)16/h4-11H,3H2,1-2H3,(H,18,19,20). The summed E-state index contributed by atoms with van der Waals surface area (Å²) in [7, 11) is -3.72. The SMILES string of the molecule is CCc1cc(NS(=O)(=O)c2cccc3ccccc23)nc(C)n1. The van der Waals surface area contributed by atoms with Gasteiger partial charge in [-0.3, -0.25) is 4.72 Å². The highest BCUT2D eigenvalue weighted by Crippen LogP contribution is 2.24. The van der Waals surface area contributed by atoms with E-state index in [1.807, 2.05) is 31.2 Å². The Morgan fingerprint density at radius 3 is 2.57 bits per heavy atom. The normalized spacial score (nSPS) is 11.6. The third-order valence-electron chi connectivity index (χ3n) is 3.53. The van der Waals surface area contributed by atoms with Crippen LogP contribution in [-0.2, 0) is 16.4 Å². The van der Waals surface area contributed by atoms with Crippen LogP contribution >= 0.6 is 0 Å². The van der Waals surface area contributed by atoms with E-state index < -0.39 is 10.0 Å². The van der Waals surface area contributed by atoms with Crippen molar-refractivity contribution in [1.29, 1.82) is 0 Å². The molecular weight excluding hydrogens is 310 g/mol. The fourth-order valence-electron chi connectivity index (χ4n) is 2.49. The predicted octanol–water partition coefficient (Wildman–Crippen LogP) is 3.30. The Hall–Kier alpha value is -2.47. The first-order valence-electron chi connectivity index (χ1n) is 7.35. The molecule has 0 atom stereocenters. The first kappa shape index (κ1) is 15.4. The zero-order chi connectivity index (χ0) is 16.4. The molecule has 1 heterocycles. The molecule has 2 aromatic carbocycles. The van der Waals surface area contributed by atoms with Crippen LogP contribution in [0, 0.1) is 6.92 Å². The minimum absolute atomic E-state index is 0.241. The van der Waals surface area contributed by atoms with Crippen LogP contribution in [-0.4, -0.2) is 18.4 Å². The van der Waals surface area contributed by atoms with Crippen molar-refractivity contribution in [3.8, 4) is 0 Å². The number of aromatic nitrogens is 2. The van der Waals surface area contributed by atoms with E-state index in [4.69, 9.17) is 0 Å². The number of nitrogens with one attached hydrogen (secondary N) is 1. The van der Waals surface area contributed by atoms with E-state index in [1.54, 1.807) is 31.2 Å². The molecule has 0 unspecified atom stereocenters. The highest BCUT2D eigenvalue weighted by molar-refractivity contribution is 7.93. The monoisotopic (exact) mass is 327 g/mol. The Kier molecular flexibility index (Phi) is 4.00. The molecule has 0 aliphatic rings.